The number of hydrogen-bond acceptors (Lipinski definition) is 1. The van der Waals surface area contributed by atoms with Crippen molar-refractivity contribution in [2.24, 2.45) is 0 Å². The largest absolute Gasteiger partial charge is 0.289 e. The molecular weight excluding hydrogens is 220 g/mol. The third-order valence-corrected chi connectivity index (χ3v) is 4.24. The SMILES string of the molecule is CCC1(C)c2ccccc2C(=O)c2ccccc21. The average molecular weight is 236 g/mol. The smallest absolute Gasteiger partial charge is 0.193 e. The molecule has 0 amide bonds. The Labute approximate surface area is 107 Å². The van der Waals surface area contributed by atoms with Crippen LogP contribution in [0.25, 0.3) is 0 Å². The Bertz CT molecular complexity index is 576. The summed E-state index contributed by atoms with van der Waals surface area (Å²) in [6, 6.07) is 16.0. The van der Waals surface area contributed by atoms with Gasteiger partial charge in [0.05, 0.1) is 0 Å². The molecule has 1 aliphatic rings. The first-order chi connectivity index (χ1) is 8.68. The first-order valence-corrected chi connectivity index (χ1v) is 6.42. The summed E-state index contributed by atoms with van der Waals surface area (Å²) in [5, 5.41) is 0. The summed E-state index contributed by atoms with van der Waals surface area (Å²) in [6.45, 7) is 4.42. The maximum absolute atomic E-state index is 12.5. The highest BCUT2D eigenvalue weighted by atomic mass is 16.1. The molecule has 0 saturated carbocycles. The average Bonchev–Trinajstić information content (AvgIpc) is 2.45. The van der Waals surface area contributed by atoms with Crippen molar-refractivity contribution < 1.29 is 4.79 Å². The van der Waals surface area contributed by atoms with Gasteiger partial charge in [-0.3, -0.25) is 4.79 Å². The second kappa shape index (κ2) is 3.81. The number of benzene rings is 2. The van der Waals surface area contributed by atoms with Gasteiger partial charge in [0.25, 0.3) is 0 Å². The number of carbonyl (C=O) groups excluding carboxylic acids is 1. The minimum atomic E-state index is -0.0545. The van der Waals surface area contributed by atoms with Gasteiger partial charge < -0.3 is 0 Å². The molecule has 0 aliphatic heterocycles. The predicted octanol–water partition coefficient (Wildman–Crippen LogP) is 3.95. The van der Waals surface area contributed by atoms with E-state index in [0.717, 1.165) is 28.7 Å². The van der Waals surface area contributed by atoms with Crippen molar-refractivity contribution in [3.8, 4) is 0 Å². The fourth-order valence-corrected chi connectivity index (χ4v) is 3.00. The van der Waals surface area contributed by atoms with E-state index in [1.807, 2.05) is 36.4 Å². The van der Waals surface area contributed by atoms with E-state index < -0.39 is 0 Å². The summed E-state index contributed by atoms with van der Waals surface area (Å²) in [6.07, 6.45) is 0.994. The normalized spacial score (nSPS) is 16.0. The van der Waals surface area contributed by atoms with Crippen LogP contribution in [0.2, 0.25) is 0 Å². The highest BCUT2D eigenvalue weighted by molar-refractivity contribution is 6.13. The van der Waals surface area contributed by atoms with E-state index in [1.54, 1.807) is 0 Å². The van der Waals surface area contributed by atoms with Crippen molar-refractivity contribution >= 4 is 5.78 Å². The fourth-order valence-electron chi connectivity index (χ4n) is 3.00. The molecule has 0 radical (unpaired) electrons. The number of hydrogen-bond donors (Lipinski definition) is 0. The van der Waals surface area contributed by atoms with Crippen LogP contribution < -0.4 is 0 Å². The van der Waals surface area contributed by atoms with Gasteiger partial charge in [0, 0.05) is 16.5 Å². The third kappa shape index (κ3) is 1.30. The molecule has 0 aromatic heterocycles. The molecule has 2 aromatic rings. The molecule has 0 N–H and O–H groups in total. The van der Waals surface area contributed by atoms with Gasteiger partial charge in [0.1, 0.15) is 0 Å². The Kier molecular flexibility index (Phi) is 2.37. The molecule has 1 nitrogen and oxygen atoms in total. The lowest BCUT2D eigenvalue weighted by molar-refractivity contribution is 0.103. The molecule has 0 fully saturated rings. The van der Waals surface area contributed by atoms with Crippen LogP contribution >= 0.6 is 0 Å². The molecule has 0 atom stereocenters. The zero-order valence-corrected chi connectivity index (χ0v) is 10.7. The highest BCUT2D eigenvalue weighted by Gasteiger charge is 2.38. The maximum Gasteiger partial charge on any atom is 0.193 e. The quantitative estimate of drug-likeness (QED) is 0.732. The van der Waals surface area contributed by atoms with Crippen molar-refractivity contribution in [1.82, 2.24) is 0 Å². The molecule has 2 aromatic carbocycles. The molecule has 0 spiro atoms. The van der Waals surface area contributed by atoms with Gasteiger partial charge in [-0.05, 0) is 17.5 Å². The molecule has 0 bridgehead atoms. The molecule has 0 saturated heterocycles. The zero-order valence-electron chi connectivity index (χ0n) is 10.7. The van der Waals surface area contributed by atoms with Gasteiger partial charge in [-0.15, -0.1) is 0 Å². The van der Waals surface area contributed by atoms with Crippen LogP contribution in [0, 0.1) is 0 Å². The molecule has 1 aliphatic carbocycles. The van der Waals surface area contributed by atoms with Crippen molar-refractivity contribution in [3.63, 3.8) is 0 Å². The van der Waals surface area contributed by atoms with Crippen LogP contribution in [0.5, 0.6) is 0 Å². The molecule has 18 heavy (non-hydrogen) atoms. The van der Waals surface area contributed by atoms with Crippen LogP contribution in [0.1, 0.15) is 47.3 Å². The lowest BCUT2D eigenvalue weighted by Crippen LogP contribution is -2.32. The van der Waals surface area contributed by atoms with Crippen LogP contribution in [0.3, 0.4) is 0 Å². The zero-order chi connectivity index (χ0) is 12.8. The Hall–Kier alpha value is -1.89. The minimum Gasteiger partial charge on any atom is -0.289 e. The van der Waals surface area contributed by atoms with Gasteiger partial charge in [-0.1, -0.05) is 62.4 Å². The highest BCUT2D eigenvalue weighted by Crippen LogP contribution is 2.43. The number of rotatable bonds is 1. The van der Waals surface area contributed by atoms with E-state index in [1.165, 1.54) is 0 Å². The Morgan fingerprint density at radius 3 is 1.78 bits per heavy atom. The van der Waals surface area contributed by atoms with Gasteiger partial charge in [0.15, 0.2) is 5.78 Å². The van der Waals surface area contributed by atoms with Crippen molar-refractivity contribution in [2.45, 2.75) is 25.7 Å². The maximum atomic E-state index is 12.5. The van der Waals surface area contributed by atoms with Crippen LogP contribution in [0.15, 0.2) is 48.5 Å². The second-order valence-electron chi connectivity index (χ2n) is 5.11. The van der Waals surface area contributed by atoms with Crippen molar-refractivity contribution in [2.75, 3.05) is 0 Å². The van der Waals surface area contributed by atoms with E-state index in [-0.39, 0.29) is 11.2 Å². The summed E-state index contributed by atoms with van der Waals surface area (Å²) in [5.41, 5.74) is 4.00. The first kappa shape index (κ1) is 11.2. The molecule has 3 rings (SSSR count). The van der Waals surface area contributed by atoms with Crippen molar-refractivity contribution in [1.29, 1.82) is 0 Å². The minimum absolute atomic E-state index is 0.0545. The number of ketones is 1. The van der Waals surface area contributed by atoms with Crippen LogP contribution in [-0.4, -0.2) is 5.78 Å². The van der Waals surface area contributed by atoms with Crippen LogP contribution in [-0.2, 0) is 5.41 Å². The summed E-state index contributed by atoms with van der Waals surface area (Å²) in [5.74, 6) is 0.159. The topological polar surface area (TPSA) is 17.1 Å². The Morgan fingerprint density at radius 2 is 1.33 bits per heavy atom. The van der Waals surface area contributed by atoms with E-state index in [4.69, 9.17) is 0 Å². The Balaban J connectivity index is 2.38. The van der Waals surface area contributed by atoms with Gasteiger partial charge >= 0.3 is 0 Å². The van der Waals surface area contributed by atoms with Crippen molar-refractivity contribution in [3.05, 3.63) is 70.8 Å². The summed E-state index contributed by atoms with van der Waals surface area (Å²) in [4.78, 5) is 12.5. The van der Waals surface area contributed by atoms with E-state index in [0.29, 0.717) is 0 Å². The predicted molar refractivity (Wildman–Crippen MR) is 73.1 cm³/mol. The molecule has 1 heteroatoms. The Morgan fingerprint density at radius 1 is 0.889 bits per heavy atom. The number of carbonyl (C=O) groups is 1. The number of fused-ring (bicyclic) bond motifs is 2. The molecule has 0 heterocycles. The fraction of sp³-hybridized carbons (Fsp3) is 0.235. The van der Waals surface area contributed by atoms with Crippen LogP contribution in [0.4, 0.5) is 0 Å². The summed E-state index contributed by atoms with van der Waals surface area (Å²) in [7, 11) is 0. The van der Waals surface area contributed by atoms with E-state index in [2.05, 4.69) is 26.0 Å². The lowest BCUT2D eigenvalue weighted by atomic mass is 9.66. The van der Waals surface area contributed by atoms with E-state index in [9.17, 15) is 4.79 Å². The lowest BCUT2D eigenvalue weighted by Gasteiger charge is -2.36. The van der Waals surface area contributed by atoms with Gasteiger partial charge in [0.2, 0.25) is 0 Å². The molecular formula is C17H16O. The second-order valence-corrected chi connectivity index (χ2v) is 5.11. The van der Waals surface area contributed by atoms with Gasteiger partial charge in [-0.25, -0.2) is 0 Å². The summed E-state index contributed by atoms with van der Waals surface area (Å²) < 4.78 is 0. The third-order valence-electron chi connectivity index (χ3n) is 4.24. The standard InChI is InChI=1S/C17H16O/c1-3-17(2)14-10-6-4-8-12(14)16(18)13-9-5-7-11-15(13)17/h4-11H,3H2,1-2H3. The van der Waals surface area contributed by atoms with E-state index >= 15 is 0 Å². The molecule has 90 valence electrons. The summed E-state index contributed by atoms with van der Waals surface area (Å²) >= 11 is 0. The van der Waals surface area contributed by atoms with Gasteiger partial charge in [-0.2, -0.15) is 0 Å². The first-order valence-electron chi connectivity index (χ1n) is 6.42. The molecule has 0 unspecified atom stereocenters. The monoisotopic (exact) mass is 236 g/mol.